The molecule has 0 spiro atoms. The lowest BCUT2D eigenvalue weighted by atomic mass is 10.1. The minimum atomic E-state index is 0.0569. The summed E-state index contributed by atoms with van der Waals surface area (Å²) in [6.07, 6.45) is 16.1. The third-order valence-electron chi connectivity index (χ3n) is 4.37. The molecule has 1 rings (SSSR count). The number of para-hydroxylation sites is 2. The maximum atomic E-state index is 5.81. The summed E-state index contributed by atoms with van der Waals surface area (Å²) < 4.78 is 5.81. The van der Waals surface area contributed by atoms with Crippen molar-refractivity contribution in [2.24, 2.45) is 16.5 Å². The zero-order valence-corrected chi connectivity index (χ0v) is 16.0. The van der Waals surface area contributed by atoms with E-state index in [1.54, 1.807) is 0 Å². The maximum Gasteiger partial charge on any atom is 0.191 e. The van der Waals surface area contributed by atoms with Crippen LogP contribution in [0.2, 0.25) is 0 Å². The minimum Gasteiger partial charge on any atom is -0.491 e. The van der Waals surface area contributed by atoms with Gasteiger partial charge in [0.15, 0.2) is 5.96 Å². The van der Waals surface area contributed by atoms with Gasteiger partial charge in [0.05, 0.1) is 6.61 Å². The van der Waals surface area contributed by atoms with Crippen LogP contribution in [0.3, 0.4) is 0 Å². The normalized spacial score (nSPS) is 10.6. The van der Waals surface area contributed by atoms with E-state index in [4.69, 9.17) is 16.2 Å². The van der Waals surface area contributed by atoms with Crippen LogP contribution in [-0.2, 0) is 0 Å². The van der Waals surface area contributed by atoms with Crippen LogP contribution in [-0.4, -0.2) is 12.6 Å². The summed E-state index contributed by atoms with van der Waals surface area (Å²) in [5.41, 5.74) is 11.6. The van der Waals surface area contributed by atoms with Crippen LogP contribution in [0.15, 0.2) is 29.3 Å². The SMILES string of the molecule is CCCCCCCCCCCCCCOc1ccccc1N=C(N)N. The molecule has 142 valence electrons. The standard InChI is InChI=1S/C21H37N3O/c1-2-3-4-5-6-7-8-9-10-11-12-15-18-25-20-17-14-13-16-19(20)24-21(22)23/h13-14,16-17H,2-12,15,18H2,1H3,(H4,22,23,24). The van der Waals surface area contributed by atoms with Crippen molar-refractivity contribution >= 4 is 11.6 Å². The Labute approximate surface area is 154 Å². The average molecular weight is 348 g/mol. The van der Waals surface area contributed by atoms with E-state index in [9.17, 15) is 0 Å². The number of unbranched alkanes of at least 4 members (excludes halogenated alkanes) is 11. The summed E-state index contributed by atoms with van der Waals surface area (Å²) in [5.74, 6) is 0.806. The van der Waals surface area contributed by atoms with Crippen molar-refractivity contribution in [1.29, 1.82) is 0 Å². The Morgan fingerprint density at radius 2 is 1.32 bits per heavy atom. The number of nitrogens with two attached hydrogens (primary N) is 2. The zero-order chi connectivity index (χ0) is 18.2. The predicted molar refractivity (Wildman–Crippen MR) is 108 cm³/mol. The molecular formula is C21H37N3O. The molecule has 4 N–H and O–H groups in total. The summed E-state index contributed by atoms with van der Waals surface area (Å²) in [5, 5.41) is 0. The molecule has 1 aromatic carbocycles. The second-order valence-corrected chi connectivity index (χ2v) is 6.74. The number of guanidine groups is 1. The van der Waals surface area contributed by atoms with Gasteiger partial charge in [0.1, 0.15) is 11.4 Å². The van der Waals surface area contributed by atoms with Gasteiger partial charge in [-0.3, -0.25) is 0 Å². The molecule has 0 heterocycles. The largest absolute Gasteiger partial charge is 0.491 e. The lowest BCUT2D eigenvalue weighted by Crippen LogP contribution is -2.22. The van der Waals surface area contributed by atoms with Crippen LogP contribution in [0.5, 0.6) is 5.75 Å². The molecule has 0 bridgehead atoms. The first kappa shape index (κ1) is 21.3. The second kappa shape index (κ2) is 14.6. The molecule has 0 amide bonds. The minimum absolute atomic E-state index is 0.0569. The summed E-state index contributed by atoms with van der Waals surface area (Å²) >= 11 is 0. The van der Waals surface area contributed by atoms with E-state index in [0.29, 0.717) is 12.3 Å². The molecule has 0 saturated heterocycles. The van der Waals surface area contributed by atoms with Crippen LogP contribution < -0.4 is 16.2 Å². The van der Waals surface area contributed by atoms with Gasteiger partial charge in [-0.15, -0.1) is 0 Å². The van der Waals surface area contributed by atoms with Crippen molar-refractivity contribution in [3.05, 3.63) is 24.3 Å². The van der Waals surface area contributed by atoms with Crippen LogP contribution >= 0.6 is 0 Å². The van der Waals surface area contributed by atoms with Crippen LogP contribution in [0.25, 0.3) is 0 Å². The molecular weight excluding hydrogens is 310 g/mol. The molecule has 4 nitrogen and oxygen atoms in total. The Hall–Kier alpha value is -1.71. The van der Waals surface area contributed by atoms with Gasteiger partial charge in [-0.05, 0) is 18.6 Å². The molecule has 0 saturated carbocycles. The van der Waals surface area contributed by atoms with Crippen molar-refractivity contribution in [1.82, 2.24) is 0 Å². The Morgan fingerprint density at radius 1 is 0.800 bits per heavy atom. The van der Waals surface area contributed by atoms with Crippen LogP contribution in [0.1, 0.15) is 84.0 Å². The highest BCUT2D eigenvalue weighted by Gasteiger charge is 2.01. The van der Waals surface area contributed by atoms with Crippen LogP contribution in [0, 0.1) is 0 Å². The smallest absolute Gasteiger partial charge is 0.191 e. The van der Waals surface area contributed by atoms with Crippen molar-refractivity contribution in [2.75, 3.05) is 6.61 Å². The molecule has 0 radical (unpaired) electrons. The predicted octanol–water partition coefficient (Wildman–Crippen LogP) is 5.67. The van der Waals surface area contributed by atoms with E-state index in [0.717, 1.165) is 12.2 Å². The van der Waals surface area contributed by atoms with Crippen LogP contribution in [0.4, 0.5) is 5.69 Å². The van der Waals surface area contributed by atoms with Gasteiger partial charge in [-0.2, -0.15) is 0 Å². The van der Waals surface area contributed by atoms with Crippen molar-refractivity contribution < 1.29 is 4.74 Å². The highest BCUT2D eigenvalue weighted by Crippen LogP contribution is 2.26. The van der Waals surface area contributed by atoms with Gasteiger partial charge in [0.25, 0.3) is 0 Å². The van der Waals surface area contributed by atoms with E-state index < -0.39 is 0 Å². The molecule has 0 atom stereocenters. The molecule has 0 aromatic heterocycles. The molecule has 4 heteroatoms. The number of nitrogens with zero attached hydrogens (tertiary/aromatic N) is 1. The number of aliphatic imine (C=N–C) groups is 1. The first-order chi connectivity index (χ1) is 12.2. The Kier molecular flexibility index (Phi) is 12.5. The third-order valence-corrected chi connectivity index (χ3v) is 4.37. The average Bonchev–Trinajstić information content (AvgIpc) is 2.60. The van der Waals surface area contributed by atoms with Crippen molar-refractivity contribution in [2.45, 2.75) is 84.0 Å². The van der Waals surface area contributed by atoms with E-state index in [1.165, 1.54) is 70.6 Å². The quantitative estimate of drug-likeness (QED) is 0.244. The van der Waals surface area contributed by atoms with E-state index in [-0.39, 0.29) is 5.96 Å². The monoisotopic (exact) mass is 347 g/mol. The van der Waals surface area contributed by atoms with Crippen molar-refractivity contribution in [3.8, 4) is 5.75 Å². The lowest BCUT2D eigenvalue weighted by molar-refractivity contribution is 0.305. The summed E-state index contributed by atoms with van der Waals surface area (Å²) in [4.78, 5) is 4.09. The lowest BCUT2D eigenvalue weighted by Gasteiger charge is -2.09. The molecule has 0 aliphatic heterocycles. The second-order valence-electron chi connectivity index (χ2n) is 6.74. The molecule has 0 unspecified atom stereocenters. The van der Waals surface area contributed by atoms with E-state index >= 15 is 0 Å². The third kappa shape index (κ3) is 11.5. The fourth-order valence-electron chi connectivity index (χ4n) is 2.94. The number of rotatable bonds is 15. The highest BCUT2D eigenvalue weighted by atomic mass is 16.5. The highest BCUT2D eigenvalue weighted by molar-refractivity contribution is 5.80. The molecule has 1 aromatic rings. The summed E-state index contributed by atoms with van der Waals surface area (Å²) in [6, 6.07) is 7.60. The molecule has 25 heavy (non-hydrogen) atoms. The summed E-state index contributed by atoms with van der Waals surface area (Å²) in [6.45, 7) is 2.99. The summed E-state index contributed by atoms with van der Waals surface area (Å²) in [7, 11) is 0. The molecule has 0 fully saturated rings. The number of hydrogen-bond donors (Lipinski definition) is 2. The number of hydrogen-bond acceptors (Lipinski definition) is 2. The first-order valence-corrected chi connectivity index (χ1v) is 10.1. The fraction of sp³-hybridized carbons (Fsp3) is 0.667. The van der Waals surface area contributed by atoms with Crippen molar-refractivity contribution in [3.63, 3.8) is 0 Å². The van der Waals surface area contributed by atoms with Gasteiger partial charge < -0.3 is 16.2 Å². The Balaban J connectivity index is 1.98. The van der Waals surface area contributed by atoms with Gasteiger partial charge >= 0.3 is 0 Å². The number of benzene rings is 1. The molecule has 0 aliphatic carbocycles. The zero-order valence-electron chi connectivity index (χ0n) is 16.0. The fourth-order valence-corrected chi connectivity index (χ4v) is 2.94. The number of ether oxygens (including phenoxy) is 1. The molecule has 0 aliphatic rings. The maximum absolute atomic E-state index is 5.81. The van der Waals surface area contributed by atoms with E-state index in [2.05, 4.69) is 11.9 Å². The van der Waals surface area contributed by atoms with E-state index in [1.807, 2.05) is 24.3 Å². The van der Waals surface area contributed by atoms with Gasteiger partial charge in [-0.25, -0.2) is 4.99 Å². The van der Waals surface area contributed by atoms with Gasteiger partial charge in [0.2, 0.25) is 0 Å². The topological polar surface area (TPSA) is 73.6 Å². The Morgan fingerprint density at radius 3 is 1.88 bits per heavy atom. The Bertz CT molecular complexity index is 470. The van der Waals surface area contributed by atoms with Gasteiger partial charge in [0, 0.05) is 0 Å². The van der Waals surface area contributed by atoms with Gasteiger partial charge in [-0.1, -0.05) is 89.7 Å². The first-order valence-electron chi connectivity index (χ1n) is 10.1.